The first kappa shape index (κ1) is 18.7. The first-order valence-corrected chi connectivity index (χ1v) is 8.54. The van der Waals surface area contributed by atoms with E-state index in [1.54, 1.807) is 25.6 Å². The van der Waals surface area contributed by atoms with E-state index in [1.165, 1.54) is 11.6 Å². The lowest BCUT2D eigenvalue weighted by atomic mass is 10.2. The summed E-state index contributed by atoms with van der Waals surface area (Å²) in [6.45, 7) is 2.05. The van der Waals surface area contributed by atoms with E-state index >= 15 is 0 Å². The number of aryl methyl sites for hydroxylation is 1. The molecule has 9 nitrogen and oxygen atoms in total. The summed E-state index contributed by atoms with van der Waals surface area (Å²) in [4.78, 5) is 29.5. The van der Waals surface area contributed by atoms with Crippen LogP contribution in [0.1, 0.15) is 12.5 Å². The van der Waals surface area contributed by atoms with E-state index in [4.69, 9.17) is 4.74 Å². The van der Waals surface area contributed by atoms with Crippen molar-refractivity contribution in [3.8, 4) is 5.75 Å². The molecule has 2 heterocycles. The molecule has 0 aliphatic carbocycles. The van der Waals surface area contributed by atoms with Crippen LogP contribution < -0.4 is 21.3 Å². The zero-order chi connectivity index (χ0) is 19.7. The van der Waals surface area contributed by atoms with E-state index < -0.39 is 11.2 Å². The monoisotopic (exact) mass is 373 g/mol. The van der Waals surface area contributed by atoms with Crippen molar-refractivity contribution >= 4 is 17.1 Å². The van der Waals surface area contributed by atoms with Crippen LogP contribution in [0.25, 0.3) is 11.2 Å². The molecule has 1 aromatic carbocycles. The quantitative estimate of drug-likeness (QED) is 0.643. The third-order valence-electron chi connectivity index (χ3n) is 4.47. The molecule has 0 unspecified atom stereocenters. The molecule has 0 aliphatic heterocycles. The third kappa shape index (κ3) is 3.33. The number of nitrogens with zero attached hydrogens (tertiary/aromatic N) is 4. The van der Waals surface area contributed by atoms with Gasteiger partial charge in [-0.15, -0.1) is 0 Å². The molecule has 2 N–H and O–H groups in total. The van der Waals surface area contributed by atoms with Gasteiger partial charge in [-0.3, -0.25) is 18.5 Å². The number of anilines is 1. The number of hydrogen-bond donors (Lipinski definition) is 2. The molecule has 0 saturated carbocycles. The van der Waals surface area contributed by atoms with Crippen molar-refractivity contribution in [1.29, 1.82) is 0 Å². The van der Waals surface area contributed by atoms with Gasteiger partial charge in [-0.1, -0.05) is 12.1 Å². The second-order valence-corrected chi connectivity index (χ2v) is 6.48. The lowest BCUT2D eigenvalue weighted by molar-refractivity contribution is 0.281. The molecule has 3 rings (SSSR count). The van der Waals surface area contributed by atoms with E-state index in [0.29, 0.717) is 29.4 Å². The maximum absolute atomic E-state index is 12.8. The molecule has 0 radical (unpaired) electrons. The second-order valence-electron chi connectivity index (χ2n) is 6.48. The number of ether oxygens (including phenoxy) is 1. The molecule has 9 heteroatoms. The number of aliphatic hydroxyl groups is 1. The van der Waals surface area contributed by atoms with Gasteiger partial charge in [0, 0.05) is 20.1 Å². The number of aromatic nitrogens is 4. The fourth-order valence-corrected chi connectivity index (χ4v) is 2.93. The Labute approximate surface area is 155 Å². The average Bonchev–Trinajstić information content (AvgIpc) is 3.02. The summed E-state index contributed by atoms with van der Waals surface area (Å²) in [6, 6.07) is 7.22. The molecule has 0 saturated heterocycles. The molecular formula is C18H23N5O4. The van der Waals surface area contributed by atoms with Crippen LogP contribution in [0, 0.1) is 0 Å². The van der Waals surface area contributed by atoms with Crippen LogP contribution in [-0.4, -0.2) is 43.6 Å². The molecule has 144 valence electrons. The fraction of sp³-hybridized carbons (Fsp3) is 0.389. The van der Waals surface area contributed by atoms with Crippen LogP contribution in [0.15, 0.2) is 33.9 Å². The molecule has 0 spiro atoms. The van der Waals surface area contributed by atoms with Crippen molar-refractivity contribution in [3.05, 3.63) is 50.7 Å². The predicted octanol–water partition coefficient (Wildman–Crippen LogP) is 0.283. The summed E-state index contributed by atoms with van der Waals surface area (Å²) in [6.07, 6.45) is 0. The minimum atomic E-state index is -0.444. The Morgan fingerprint density at radius 1 is 1.26 bits per heavy atom. The number of fused-ring (bicyclic) bond motifs is 1. The smallest absolute Gasteiger partial charge is 0.332 e. The van der Waals surface area contributed by atoms with Crippen LogP contribution >= 0.6 is 0 Å². The zero-order valence-corrected chi connectivity index (χ0v) is 15.8. The Morgan fingerprint density at radius 2 is 2.00 bits per heavy atom. The number of nitrogens with one attached hydrogen (secondary N) is 1. The van der Waals surface area contributed by atoms with Gasteiger partial charge < -0.3 is 15.2 Å². The topological polar surface area (TPSA) is 103 Å². The number of rotatable bonds is 6. The second kappa shape index (κ2) is 7.28. The Balaban J connectivity index is 2.25. The minimum Gasteiger partial charge on any atom is -0.497 e. The SMILES string of the molecule is COc1cccc(Cn2c(N[C@@H](C)CO)nc3c2c(=O)n(C)c(=O)n3C)c1. The van der Waals surface area contributed by atoms with Crippen molar-refractivity contribution < 1.29 is 9.84 Å². The van der Waals surface area contributed by atoms with Crippen molar-refractivity contribution in [3.63, 3.8) is 0 Å². The van der Waals surface area contributed by atoms with Crippen molar-refractivity contribution in [2.24, 2.45) is 14.1 Å². The van der Waals surface area contributed by atoms with Gasteiger partial charge in [0.25, 0.3) is 5.56 Å². The van der Waals surface area contributed by atoms with Gasteiger partial charge in [0.2, 0.25) is 5.95 Å². The van der Waals surface area contributed by atoms with Crippen LogP contribution in [0.3, 0.4) is 0 Å². The van der Waals surface area contributed by atoms with Crippen LogP contribution in [0.4, 0.5) is 5.95 Å². The Morgan fingerprint density at radius 3 is 2.67 bits per heavy atom. The number of benzene rings is 1. The van der Waals surface area contributed by atoms with E-state index in [1.807, 2.05) is 24.3 Å². The molecule has 0 fully saturated rings. The maximum Gasteiger partial charge on any atom is 0.332 e. The van der Waals surface area contributed by atoms with Gasteiger partial charge in [-0.25, -0.2) is 4.79 Å². The maximum atomic E-state index is 12.8. The van der Waals surface area contributed by atoms with Crippen molar-refractivity contribution in [2.45, 2.75) is 19.5 Å². The van der Waals surface area contributed by atoms with E-state index in [0.717, 1.165) is 10.1 Å². The molecule has 2 aromatic heterocycles. The molecule has 3 aromatic rings. The number of methoxy groups -OCH3 is 1. The zero-order valence-electron chi connectivity index (χ0n) is 15.8. The van der Waals surface area contributed by atoms with Crippen molar-refractivity contribution in [1.82, 2.24) is 18.7 Å². The summed E-state index contributed by atoms with van der Waals surface area (Å²) in [7, 11) is 4.61. The Kier molecular flexibility index (Phi) is 5.04. The standard InChI is InChI=1S/C18H23N5O4/c1-11(10-24)19-17-20-15-14(16(25)22(3)18(26)21(15)2)23(17)9-12-6-5-7-13(8-12)27-4/h5-8,11,24H,9-10H2,1-4H3,(H,19,20)/t11-/m0/s1. The fourth-order valence-electron chi connectivity index (χ4n) is 2.93. The van der Waals surface area contributed by atoms with Crippen LogP contribution in [-0.2, 0) is 20.6 Å². The van der Waals surface area contributed by atoms with Crippen LogP contribution in [0.2, 0.25) is 0 Å². The van der Waals surface area contributed by atoms with E-state index in [9.17, 15) is 14.7 Å². The summed E-state index contributed by atoms with van der Waals surface area (Å²) in [5.74, 6) is 1.11. The van der Waals surface area contributed by atoms with Crippen LogP contribution in [0.5, 0.6) is 5.75 Å². The minimum absolute atomic E-state index is 0.0979. The van der Waals surface area contributed by atoms with E-state index in [2.05, 4.69) is 10.3 Å². The lowest BCUT2D eigenvalue weighted by Crippen LogP contribution is -2.37. The molecular weight excluding hydrogens is 350 g/mol. The summed E-state index contributed by atoms with van der Waals surface area (Å²) < 4.78 is 9.39. The molecule has 0 bridgehead atoms. The largest absolute Gasteiger partial charge is 0.497 e. The number of imidazole rings is 1. The highest BCUT2D eigenvalue weighted by Gasteiger charge is 2.20. The Hall–Kier alpha value is -3.07. The normalized spacial score (nSPS) is 12.3. The summed E-state index contributed by atoms with van der Waals surface area (Å²) in [5, 5.41) is 12.5. The van der Waals surface area contributed by atoms with Gasteiger partial charge >= 0.3 is 5.69 Å². The molecule has 0 amide bonds. The first-order valence-electron chi connectivity index (χ1n) is 8.54. The molecule has 27 heavy (non-hydrogen) atoms. The lowest BCUT2D eigenvalue weighted by Gasteiger charge is -2.14. The summed E-state index contributed by atoms with van der Waals surface area (Å²) in [5.41, 5.74) is 0.645. The number of hydrogen-bond acceptors (Lipinski definition) is 6. The van der Waals surface area contributed by atoms with Gasteiger partial charge in [0.15, 0.2) is 11.2 Å². The molecule has 0 aliphatic rings. The van der Waals surface area contributed by atoms with Gasteiger partial charge in [0.1, 0.15) is 5.75 Å². The highest BCUT2D eigenvalue weighted by molar-refractivity contribution is 5.74. The molecule has 1 atom stereocenters. The van der Waals surface area contributed by atoms with Crippen molar-refractivity contribution in [2.75, 3.05) is 19.0 Å². The van der Waals surface area contributed by atoms with E-state index in [-0.39, 0.29) is 12.6 Å². The average molecular weight is 373 g/mol. The van der Waals surface area contributed by atoms with Gasteiger partial charge in [-0.2, -0.15) is 4.98 Å². The predicted molar refractivity (Wildman–Crippen MR) is 102 cm³/mol. The first-order chi connectivity index (χ1) is 12.9. The third-order valence-corrected chi connectivity index (χ3v) is 4.47. The van der Waals surface area contributed by atoms with Gasteiger partial charge in [0.05, 0.1) is 20.3 Å². The highest BCUT2D eigenvalue weighted by atomic mass is 16.5. The van der Waals surface area contributed by atoms with Gasteiger partial charge in [-0.05, 0) is 24.6 Å². The Bertz CT molecular complexity index is 1100. The summed E-state index contributed by atoms with van der Waals surface area (Å²) >= 11 is 0. The highest BCUT2D eigenvalue weighted by Crippen LogP contribution is 2.20. The number of aliphatic hydroxyl groups excluding tert-OH is 1.